The number of nitrogens with zero attached hydrogens (tertiary/aromatic N) is 1. The Kier molecular flexibility index (Phi) is 4.76. The summed E-state index contributed by atoms with van der Waals surface area (Å²) in [6.07, 6.45) is -11.0. The highest BCUT2D eigenvalue weighted by atomic mass is 19.4. The van der Waals surface area contributed by atoms with E-state index in [4.69, 9.17) is 0 Å². The van der Waals surface area contributed by atoms with Crippen LogP contribution >= 0.6 is 0 Å². The summed E-state index contributed by atoms with van der Waals surface area (Å²) in [7, 11) is 0. The van der Waals surface area contributed by atoms with Crippen LogP contribution in [0, 0.1) is 0 Å². The molecule has 3 nitrogen and oxygen atoms in total. The molecule has 9 heteroatoms. The topological polar surface area (TPSA) is 29.5 Å². The Bertz CT molecular complexity index is 563. The summed E-state index contributed by atoms with van der Waals surface area (Å²) in [6, 6.07) is 5.35. The number of hydrogen-bond acceptors (Lipinski definition) is 2. The third-order valence-electron chi connectivity index (χ3n) is 3.42. The minimum absolute atomic E-state index is 0.187. The summed E-state index contributed by atoms with van der Waals surface area (Å²) in [6.45, 7) is 0.373. The molecule has 1 saturated heterocycles. The van der Waals surface area contributed by atoms with Gasteiger partial charge in [0.15, 0.2) is 0 Å². The largest absolute Gasteiger partial charge is 0.573 e. The van der Waals surface area contributed by atoms with Crippen LogP contribution in [0.1, 0.15) is 24.3 Å². The first kappa shape index (κ1) is 17.4. The monoisotopic (exact) mass is 341 g/mol. The van der Waals surface area contributed by atoms with Crippen LogP contribution in [0.4, 0.5) is 26.3 Å². The van der Waals surface area contributed by atoms with E-state index in [0.29, 0.717) is 5.56 Å². The third-order valence-corrected chi connectivity index (χ3v) is 3.42. The third kappa shape index (κ3) is 5.33. The van der Waals surface area contributed by atoms with E-state index in [0.717, 1.165) is 6.07 Å². The van der Waals surface area contributed by atoms with Crippen molar-refractivity contribution in [3.05, 3.63) is 29.8 Å². The normalized spacial score (nSPS) is 16.2. The number of hydrogen-bond donors (Lipinski definition) is 0. The van der Waals surface area contributed by atoms with Crippen molar-refractivity contribution in [1.29, 1.82) is 0 Å². The van der Waals surface area contributed by atoms with Crippen LogP contribution in [0.25, 0.3) is 0 Å². The molecule has 1 fully saturated rings. The highest BCUT2D eigenvalue weighted by molar-refractivity contribution is 5.77. The second kappa shape index (κ2) is 6.29. The fraction of sp³-hybridized carbons (Fsp3) is 0.500. The van der Waals surface area contributed by atoms with E-state index in [1.54, 1.807) is 6.07 Å². The van der Waals surface area contributed by atoms with Gasteiger partial charge >= 0.3 is 12.5 Å². The molecule has 0 N–H and O–H groups in total. The first-order chi connectivity index (χ1) is 10.5. The van der Waals surface area contributed by atoms with Gasteiger partial charge in [-0.05, 0) is 17.7 Å². The van der Waals surface area contributed by atoms with Crippen LogP contribution in [-0.2, 0) is 4.79 Å². The Labute approximate surface area is 127 Å². The van der Waals surface area contributed by atoms with E-state index in [2.05, 4.69) is 4.74 Å². The van der Waals surface area contributed by atoms with Crippen LogP contribution < -0.4 is 4.74 Å². The molecule has 1 aliphatic heterocycles. The molecule has 1 amide bonds. The zero-order valence-electron chi connectivity index (χ0n) is 11.7. The molecule has 23 heavy (non-hydrogen) atoms. The van der Waals surface area contributed by atoms with Crippen molar-refractivity contribution in [2.24, 2.45) is 0 Å². The molecule has 0 saturated carbocycles. The van der Waals surface area contributed by atoms with Gasteiger partial charge < -0.3 is 9.64 Å². The molecule has 1 heterocycles. The molecule has 0 bridgehead atoms. The first-order valence-electron chi connectivity index (χ1n) is 6.74. The van der Waals surface area contributed by atoms with Gasteiger partial charge in [0.2, 0.25) is 5.91 Å². The minimum atomic E-state index is -4.79. The fourth-order valence-electron chi connectivity index (χ4n) is 2.27. The lowest BCUT2D eigenvalue weighted by molar-refractivity contribution is -0.274. The number of benzene rings is 1. The molecular formula is C14H13F6NO2. The number of rotatable bonds is 4. The van der Waals surface area contributed by atoms with Crippen LogP contribution in [0.3, 0.4) is 0 Å². The lowest BCUT2D eigenvalue weighted by Gasteiger charge is -2.39. The Morgan fingerprint density at radius 2 is 1.83 bits per heavy atom. The van der Waals surface area contributed by atoms with Crippen molar-refractivity contribution >= 4 is 5.91 Å². The van der Waals surface area contributed by atoms with E-state index in [1.807, 2.05) is 0 Å². The molecule has 1 aliphatic rings. The van der Waals surface area contributed by atoms with Gasteiger partial charge in [0.1, 0.15) is 5.75 Å². The number of amides is 1. The summed E-state index contributed by atoms with van der Waals surface area (Å²) in [4.78, 5) is 12.8. The quantitative estimate of drug-likeness (QED) is 0.779. The van der Waals surface area contributed by atoms with Gasteiger partial charge in [0.25, 0.3) is 0 Å². The second-order valence-corrected chi connectivity index (χ2v) is 5.23. The van der Waals surface area contributed by atoms with Crippen molar-refractivity contribution in [1.82, 2.24) is 4.90 Å². The number of carbonyl (C=O) groups is 1. The second-order valence-electron chi connectivity index (χ2n) is 5.23. The summed E-state index contributed by atoms with van der Waals surface area (Å²) in [5, 5.41) is 0. The zero-order valence-corrected chi connectivity index (χ0v) is 11.7. The van der Waals surface area contributed by atoms with Gasteiger partial charge in [-0.1, -0.05) is 12.1 Å². The summed E-state index contributed by atoms with van der Waals surface area (Å²) in [5.74, 6) is -1.18. The predicted octanol–water partition coefficient (Wildman–Crippen LogP) is 3.85. The van der Waals surface area contributed by atoms with Gasteiger partial charge in [0.05, 0.1) is 6.42 Å². The van der Waals surface area contributed by atoms with Gasteiger partial charge in [-0.15, -0.1) is 13.2 Å². The standard InChI is InChI=1S/C14H13F6NO2/c15-13(16,17)5-4-12(22)21-7-10(8-21)9-2-1-3-11(6-9)23-14(18,19)20/h1-3,6,10H,4-5,7-8H2. The smallest absolute Gasteiger partial charge is 0.406 e. The van der Waals surface area contributed by atoms with E-state index in [9.17, 15) is 31.1 Å². The number of ether oxygens (including phenoxy) is 1. The van der Waals surface area contributed by atoms with Crippen LogP contribution in [-0.4, -0.2) is 36.4 Å². The molecular weight excluding hydrogens is 328 g/mol. The summed E-state index contributed by atoms with van der Waals surface area (Å²) < 4.78 is 76.4. The molecule has 0 aliphatic carbocycles. The molecule has 0 radical (unpaired) electrons. The summed E-state index contributed by atoms with van der Waals surface area (Å²) >= 11 is 0. The van der Waals surface area contributed by atoms with Crippen molar-refractivity contribution in [2.75, 3.05) is 13.1 Å². The number of alkyl halides is 6. The first-order valence-corrected chi connectivity index (χ1v) is 6.74. The Morgan fingerprint density at radius 3 is 2.39 bits per heavy atom. The molecule has 0 spiro atoms. The van der Waals surface area contributed by atoms with Crippen LogP contribution in [0.2, 0.25) is 0 Å². The van der Waals surface area contributed by atoms with Crippen molar-refractivity contribution in [3.63, 3.8) is 0 Å². The van der Waals surface area contributed by atoms with Crippen molar-refractivity contribution in [3.8, 4) is 5.75 Å². The molecule has 1 aromatic carbocycles. The van der Waals surface area contributed by atoms with E-state index in [-0.39, 0.29) is 24.8 Å². The number of carbonyl (C=O) groups excluding carboxylic acids is 1. The molecule has 128 valence electrons. The predicted molar refractivity (Wildman–Crippen MR) is 67.7 cm³/mol. The van der Waals surface area contributed by atoms with Gasteiger partial charge in [-0.25, -0.2) is 0 Å². The van der Waals surface area contributed by atoms with Crippen molar-refractivity contribution in [2.45, 2.75) is 31.3 Å². The maximum Gasteiger partial charge on any atom is 0.573 e. The SMILES string of the molecule is O=C(CCC(F)(F)F)N1CC(c2cccc(OC(F)(F)F)c2)C1. The van der Waals surface area contributed by atoms with Crippen molar-refractivity contribution < 1.29 is 35.9 Å². The van der Waals surface area contributed by atoms with Gasteiger partial charge in [-0.3, -0.25) is 4.79 Å². The fourth-order valence-corrected chi connectivity index (χ4v) is 2.27. The maximum absolute atomic E-state index is 12.2. The average molecular weight is 341 g/mol. The highest BCUT2D eigenvalue weighted by Crippen LogP contribution is 2.32. The summed E-state index contributed by atoms with van der Waals surface area (Å²) in [5.41, 5.74) is 0.548. The Balaban J connectivity index is 1.87. The average Bonchev–Trinajstić information content (AvgIpc) is 2.32. The number of halogens is 6. The zero-order chi connectivity index (χ0) is 17.3. The maximum atomic E-state index is 12.2. The lowest BCUT2D eigenvalue weighted by atomic mass is 9.91. The Hall–Kier alpha value is -1.93. The lowest BCUT2D eigenvalue weighted by Crippen LogP contribution is -2.48. The molecule has 0 unspecified atom stereocenters. The molecule has 0 atom stereocenters. The van der Waals surface area contributed by atoms with E-state index in [1.165, 1.54) is 17.0 Å². The highest BCUT2D eigenvalue weighted by Gasteiger charge is 2.35. The van der Waals surface area contributed by atoms with Gasteiger partial charge in [-0.2, -0.15) is 13.2 Å². The molecule has 2 rings (SSSR count). The van der Waals surface area contributed by atoms with Crippen LogP contribution in [0.15, 0.2) is 24.3 Å². The molecule has 0 aromatic heterocycles. The molecule has 1 aromatic rings. The van der Waals surface area contributed by atoms with Gasteiger partial charge in [0, 0.05) is 25.4 Å². The van der Waals surface area contributed by atoms with E-state index >= 15 is 0 Å². The number of likely N-dealkylation sites (tertiary alicyclic amines) is 1. The Morgan fingerprint density at radius 1 is 1.17 bits per heavy atom. The van der Waals surface area contributed by atoms with E-state index < -0.39 is 31.3 Å². The van der Waals surface area contributed by atoms with Crippen LogP contribution in [0.5, 0.6) is 5.75 Å². The minimum Gasteiger partial charge on any atom is -0.406 e.